The van der Waals surface area contributed by atoms with Crippen molar-refractivity contribution in [3.8, 4) is 5.82 Å². The van der Waals surface area contributed by atoms with Gasteiger partial charge in [-0.1, -0.05) is 24.3 Å². The van der Waals surface area contributed by atoms with E-state index in [1.54, 1.807) is 24.4 Å². The van der Waals surface area contributed by atoms with E-state index in [9.17, 15) is 18.0 Å². The number of alkyl halides is 3. The van der Waals surface area contributed by atoms with Crippen molar-refractivity contribution in [3.63, 3.8) is 0 Å². The molecule has 2 heterocycles. The van der Waals surface area contributed by atoms with Crippen molar-refractivity contribution >= 4 is 0 Å². The number of aromatic nitrogens is 3. The summed E-state index contributed by atoms with van der Waals surface area (Å²) in [6.07, 6.45) is -0.629. The molecule has 29 heavy (non-hydrogen) atoms. The van der Waals surface area contributed by atoms with Crippen LogP contribution >= 0.6 is 0 Å². The van der Waals surface area contributed by atoms with Gasteiger partial charge in [-0.3, -0.25) is 14.8 Å². The molecule has 0 bridgehead atoms. The highest BCUT2D eigenvalue weighted by atomic mass is 19.4. The lowest BCUT2D eigenvalue weighted by Gasteiger charge is -2.30. The lowest BCUT2D eigenvalue weighted by Crippen LogP contribution is -2.37. The Morgan fingerprint density at radius 2 is 2.07 bits per heavy atom. The number of nitrogens with zero attached hydrogens (tertiary/aromatic N) is 3. The molecule has 1 aliphatic carbocycles. The zero-order valence-corrected chi connectivity index (χ0v) is 15.9. The van der Waals surface area contributed by atoms with E-state index in [1.807, 2.05) is 18.0 Å². The van der Waals surface area contributed by atoms with Gasteiger partial charge in [0.2, 0.25) is 0 Å². The van der Waals surface area contributed by atoms with E-state index in [4.69, 9.17) is 0 Å². The first-order chi connectivity index (χ1) is 13.8. The third-order valence-corrected chi connectivity index (χ3v) is 5.43. The largest absolute Gasteiger partial charge is 0.416 e. The van der Waals surface area contributed by atoms with Crippen LogP contribution in [0.1, 0.15) is 28.8 Å². The first-order valence-corrected chi connectivity index (χ1v) is 9.43. The Bertz CT molecular complexity index is 1060. The SMILES string of the molecule is CN(Cc1cccc(C(F)(F)F)c1)C1CCc2[nH]n(-c3ccccn3)c(=O)c2C1. The van der Waals surface area contributed by atoms with Crippen LogP contribution in [0.25, 0.3) is 5.82 Å². The minimum absolute atomic E-state index is 0.0812. The predicted octanol–water partition coefficient (Wildman–Crippen LogP) is 3.57. The zero-order valence-electron chi connectivity index (χ0n) is 15.9. The van der Waals surface area contributed by atoms with Crippen LogP contribution in [-0.2, 0) is 25.6 Å². The Morgan fingerprint density at radius 3 is 2.79 bits per heavy atom. The minimum Gasteiger partial charge on any atom is -0.299 e. The molecule has 1 aliphatic rings. The Labute approximate surface area is 165 Å². The summed E-state index contributed by atoms with van der Waals surface area (Å²) in [5.74, 6) is 0.542. The van der Waals surface area contributed by atoms with E-state index in [2.05, 4.69) is 10.1 Å². The summed E-state index contributed by atoms with van der Waals surface area (Å²) >= 11 is 0. The molecule has 0 spiro atoms. The number of nitrogens with one attached hydrogen (secondary N) is 1. The van der Waals surface area contributed by atoms with Crippen LogP contribution in [0.2, 0.25) is 0 Å². The van der Waals surface area contributed by atoms with E-state index in [1.165, 1.54) is 16.8 Å². The summed E-state index contributed by atoms with van der Waals surface area (Å²) < 4.78 is 40.3. The van der Waals surface area contributed by atoms with E-state index >= 15 is 0 Å². The number of likely N-dealkylation sites (N-methyl/N-ethyl adjacent to an activating group) is 1. The third-order valence-electron chi connectivity index (χ3n) is 5.43. The maximum Gasteiger partial charge on any atom is 0.416 e. The van der Waals surface area contributed by atoms with E-state index in [0.717, 1.165) is 23.7 Å². The van der Waals surface area contributed by atoms with Crippen molar-refractivity contribution in [2.24, 2.45) is 0 Å². The Morgan fingerprint density at radius 1 is 1.24 bits per heavy atom. The number of hydrogen-bond donors (Lipinski definition) is 1. The summed E-state index contributed by atoms with van der Waals surface area (Å²) in [5, 5.41) is 3.15. The molecule has 2 aromatic heterocycles. The molecule has 1 atom stereocenters. The molecule has 1 unspecified atom stereocenters. The number of aryl methyl sites for hydroxylation is 1. The molecule has 0 saturated heterocycles. The number of H-pyrrole nitrogens is 1. The topological polar surface area (TPSA) is 53.9 Å². The second-order valence-electron chi connectivity index (χ2n) is 7.41. The molecule has 3 aromatic rings. The lowest BCUT2D eigenvalue weighted by atomic mass is 9.92. The molecule has 0 saturated carbocycles. The van der Waals surface area contributed by atoms with E-state index in [0.29, 0.717) is 30.8 Å². The molecule has 1 N–H and O–H groups in total. The fourth-order valence-corrected chi connectivity index (χ4v) is 3.87. The van der Waals surface area contributed by atoms with Gasteiger partial charge in [-0.05, 0) is 50.1 Å². The number of benzene rings is 1. The van der Waals surface area contributed by atoms with Crippen LogP contribution in [0.5, 0.6) is 0 Å². The molecule has 152 valence electrons. The zero-order chi connectivity index (χ0) is 20.6. The van der Waals surface area contributed by atoms with Crippen LogP contribution in [0, 0.1) is 0 Å². The fourth-order valence-electron chi connectivity index (χ4n) is 3.87. The second kappa shape index (κ2) is 7.51. The molecule has 4 rings (SSSR count). The van der Waals surface area contributed by atoms with Crippen molar-refractivity contribution in [1.82, 2.24) is 19.7 Å². The Kier molecular flexibility index (Phi) is 5.04. The molecule has 5 nitrogen and oxygen atoms in total. The van der Waals surface area contributed by atoms with Gasteiger partial charge in [-0.25, -0.2) is 9.67 Å². The molecule has 1 aromatic carbocycles. The number of pyridine rings is 1. The van der Waals surface area contributed by atoms with E-state index < -0.39 is 11.7 Å². The number of rotatable bonds is 4. The normalized spacial score (nSPS) is 16.8. The van der Waals surface area contributed by atoms with Gasteiger partial charge in [0.15, 0.2) is 5.82 Å². The predicted molar refractivity (Wildman–Crippen MR) is 103 cm³/mol. The number of fused-ring (bicyclic) bond motifs is 1. The molecule has 0 fully saturated rings. The van der Waals surface area contributed by atoms with Crippen LogP contribution in [-0.4, -0.2) is 32.8 Å². The maximum atomic E-state index is 13.0. The van der Waals surface area contributed by atoms with Crippen molar-refractivity contribution < 1.29 is 13.2 Å². The number of halogens is 3. The second-order valence-corrected chi connectivity index (χ2v) is 7.41. The quantitative estimate of drug-likeness (QED) is 0.726. The molecular weight excluding hydrogens is 381 g/mol. The number of aromatic amines is 1. The average Bonchev–Trinajstić information content (AvgIpc) is 3.04. The van der Waals surface area contributed by atoms with Crippen LogP contribution in [0.15, 0.2) is 53.5 Å². The highest BCUT2D eigenvalue weighted by Crippen LogP contribution is 2.30. The van der Waals surface area contributed by atoms with Crippen molar-refractivity contribution in [3.05, 3.63) is 81.4 Å². The third kappa shape index (κ3) is 3.98. The van der Waals surface area contributed by atoms with Gasteiger partial charge in [0.1, 0.15) is 0 Å². The first-order valence-electron chi connectivity index (χ1n) is 9.43. The van der Waals surface area contributed by atoms with Gasteiger partial charge in [0, 0.05) is 30.0 Å². The smallest absolute Gasteiger partial charge is 0.299 e. The molecule has 0 aliphatic heterocycles. The molecular formula is C21H21F3N4O. The van der Waals surface area contributed by atoms with E-state index in [-0.39, 0.29) is 11.6 Å². The van der Waals surface area contributed by atoms with Gasteiger partial charge in [0.25, 0.3) is 5.56 Å². The summed E-state index contributed by atoms with van der Waals surface area (Å²) in [4.78, 5) is 19.1. The maximum absolute atomic E-state index is 13.0. The summed E-state index contributed by atoms with van der Waals surface area (Å²) in [5.41, 5.74) is 1.48. The average molecular weight is 402 g/mol. The van der Waals surface area contributed by atoms with Crippen molar-refractivity contribution in [2.45, 2.75) is 38.0 Å². The highest BCUT2D eigenvalue weighted by molar-refractivity contribution is 5.29. The molecule has 0 radical (unpaired) electrons. The van der Waals surface area contributed by atoms with Gasteiger partial charge in [-0.15, -0.1) is 0 Å². The fraction of sp³-hybridized carbons (Fsp3) is 0.333. The van der Waals surface area contributed by atoms with Gasteiger partial charge in [-0.2, -0.15) is 13.2 Å². The lowest BCUT2D eigenvalue weighted by molar-refractivity contribution is -0.137. The van der Waals surface area contributed by atoms with Crippen LogP contribution in [0.4, 0.5) is 13.2 Å². The van der Waals surface area contributed by atoms with Crippen LogP contribution in [0.3, 0.4) is 0 Å². The highest BCUT2D eigenvalue weighted by Gasteiger charge is 2.31. The summed E-state index contributed by atoms with van der Waals surface area (Å²) in [6.45, 7) is 0.392. The Hall–Kier alpha value is -2.87. The van der Waals surface area contributed by atoms with Gasteiger partial charge < -0.3 is 0 Å². The Balaban J connectivity index is 1.52. The summed E-state index contributed by atoms with van der Waals surface area (Å²) in [6, 6.07) is 10.9. The van der Waals surface area contributed by atoms with Crippen LogP contribution < -0.4 is 5.56 Å². The van der Waals surface area contributed by atoms with Crippen molar-refractivity contribution in [2.75, 3.05) is 7.05 Å². The molecule has 0 amide bonds. The minimum atomic E-state index is -4.35. The monoisotopic (exact) mass is 402 g/mol. The van der Waals surface area contributed by atoms with Crippen molar-refractivity contribution in [1.29, 1.82) is 0 Å². The number of hydrogen-bond acceptors (Lipinski definition) is 3. The molecule has 8 heteroatoms. The van der Waals surface area contributed by atoms with Gasteiger partial charge in [0.05, 0.1) is 5.56 Å². The van der Waals surface area contributed by atoms with Gasteiger partial charge >= 0.3 is 6.18 Å². The standard InChI is InChI=1S/C21H21F3N4O/c1-27(13-14-5-4-6-15(11-14)21(22,23)24)16-8-9-18-17(12-16)20(29)28(26-18)19-7-2-3-10-25-19/h2-7,10-11,16,26H,8-9,12-13H2,1H3. The first kappa shape index (κ1) is 19.4. The summed E-state index contributed by atoms with van der Waals surface area (Å²) in [7, 11) is 1.89.